The summed E-state index contributed by atoms with van der Waals surface area (Å²) in [6, 6.07) is 7.65. The van der Waals surface area contributed by atoms with Crippen molar-refractivity contribution in [2.24, 2.45) is 5.92 Å². The molecule has 1 amide bonds. The number of hydrogen-bond acceptors (Lipinski definition) is 3. The summed E-state index contributed by atoms with van der Waals surface area (Å²) < 4.78 is 0. The molecule has 0 bridgehead atoms. The number of benzene rings is 1. The lowest BCUT2D eigenvalue weighted by atomic mass is 9.82. The predicted octanol–water partition coefficient (Wildman–Crippen LogP) is 1.60. The first-order valence-electron chi connectivity index (χ1n) is 6.68. The van der Waals surface area contributed by atoms with Gasteiger partial charge in [-0.1, -0.05) is 6.07 Å². The van der Waals surface area contributed by atoms with Crippen LogP contribution in [0.5, 0.6) is 0 Å². The van der Waals surface area contributed by atoms with Crippen molar-refractivity contribution in [2.75, 3.05) is 32.6 Å². The van der Waals surface area contributed by atoms with Gasteiger partial charge in [-0.3, -0.25) is 4.79 Å². The maximum Gasteiger partial charge on any atom is 0.253 e. The average molecular weight is 262 g/mol. The Kier molecular flexibility index (Phi) is 4.10. The van der Waals surface area contributed by atoms with Crippen molar-refractivity contribution < 1.29 is 9.90 Å². The smallest absolute Gasteiger partial charge is 0.253 e. The zero-order valence-corrected chi connectivity index (χ0v) is 11.8. The molecule has 19 heavy (non-hydrogen) atoms. The molecule has 1 aliphatic carbocycles. The number of aliphatic hydroxyl groups excluding tert-OH is 1. The van der Waals surface area contributed by atoms with Gasteiger partial charge >= 0.3 is 0 Å². The molecule has 0 spiro atoms. The van der Waals surface area contributed by atoms with Crippen LogP contribution in [-0.4, -0.2) is 49.7 Å². The summed E-state index contributed by atoms with van der Waals surface area (Å²) in [5.74, 6) is 0.492. The lowest BCUT2D eigenvalue weighted by Crippen LogP contribution is -2.39. The molecule has 0 aliphatic heterocycles. The van der Waals surface area contributed by atoms with Crippen LogP contribution >= 0.6 is 0 Å². The highest BCUT2D eigenvalue weighted by Gasteiger charge is 2.29. The molecule has 0 radical (unpaired) electrons. The van der Waals surface area contributed by atoms with Crippen molar-refractivity contribution >= 4 is 11.6 Å². The maximum absolute atomic E-state index is 12.3. The lowest BCUT2D eigenvalue weighted by molar-refractivity contribution is 0.0265. The molecule has 4 nitrogen and oxygen atoms in total. The van der Waals surface area contributed by atoms with Crippen LogP contribution in [0.3, 0.4) is 0 Å². The number of hydrogen-bond donors (Lipinski definition) is 1. The fraction of sp³-hybridized carbons (Fsp3) is 0.533. The minimum Gasteiger partial charge on any atom is -0.393 e. The van der Waals surface area contributed by atoms with Gasteiger partial charge in [0, 0.05) is 38.9 Å². The number of nitrogens with zero attached hydrogens (tertiary/aromatic N) is 2. The summed E-state index contributed by atoms with van der Waals surface area (Å²) >= 11 is 0. The van der Waals surface area contributed by atoms with Crippen molar-refractivity contribution in [3.63, 3.8) is 0 Å². The number of carbonyl (C=O) groups excluding carboxylic acids is 1. The first-order chi connectivity index (χ1) is 8.97. The quantitative estimate of drug-likeness (QED) is 0.896. The van der Waals surface area contributed by atoms with E-state index in [2.05, 4.69) is 0 Å². The maximum atomic E-state index is 12.3. The molecule has 0 unspecified atom stereocenters. The first kappa shape index (κ1) is 13.9. The number of amides is 1. The Morgan fingerprint density at radius 2 is 2.00 bits per heavy atom. The predicted molar refractivity (Wildman–Crippen MR) is 76.5 cm³/mol. The van der Waals surface area contributed by atoms with Gasteiger partial charge in [0.2, 0.25) is 0 Å². The Balaban J connectivity index is 2.00. The van der Waals surface area contributed by atoms with Crippen LogP contribution in [0.1, 0.15) is 23.2 Å². The van der Waals surface area contributed by atoms with E-state index in [1.165, 1.54) is 0 Å². The fourth-order valence-electron chi connectivity index (χ4n) is 2.46. The van der Waals surface area contributed by atoms with Gasteiger partial charge in [-0.15, -0.1) is 0 Å². The second-order valence-electron chi connectivity index (χ2n) is 5.62. The summed E-state index contributed by atoms with van der Waals surface area (Å²) in [6.07, 6.45) is 1.47. The van der Waals surface area contributed by atoms with Gasteiger partial charge in [0.1, 0.15) is 0 Å². The van der Waals surface area contributed by atoms with Crippen molar-refractivity contribution in [1.82, 2.24) is 4.90 Å². The molecule has 0 atom stereocenters. The Labute approximate surface area is 114 Å². The number of rotatable bonds is 4. The van der Waals surface area contributed by atoms with Crippen LogP contribution in [0, 0.1) is 5.92 Å². The number of anilines is 1. The third-order valence-electron chi connectivity index (χ3n) is 3.70. The molecule has 104 valence electrons. The van der Waals surface area contributed by atoms with Gasteiger partial charge in [-0.2, -0.15) is 0 Å². The molecule has 1 saturated carbocycles. The molecule has 0 aromatic heterocycles. The Bertz CT molecular complexity index is 453. The van der Waals surface area contributed by atoms with E-state index in [1.807, 2.05) is 50.3 Å². The van der Waals surface area contributed by atoms with Gasteiger partial charge in [-0.05, 0) is 37.0 Å². The van der Waals surface area contributed by atoms with Gasteiger partial charge < -0.3 is 14.9 Å². The van der Waals surface area contributed by atoms with Crippen LogP contribution < -0.4 is 4.90 Å². The van der Waals surface area contributed by atoms with Crippen LogP contribution in [0.4, 0.5) is 5.69 Å². The largest absolute Gasteiger partial charge is 0.393 e. The van der Waals surface area contributed by atoms with Crippen LogP contribution in [-0.2, 0) is 0 Å². The minimum atomic E-state index is -0.162. The van der Waals surface area contributed by atoms with E-state index in [-0.39, 0.29) is 12.0 Å². The molecule has 1 fully saturated rings. The summed E-state index contributed by atoms with van der Waals surface area (Å²) in [5.41, 5.74) is 1.74. The summed E-state index contributed by atoms with van der Waals surface area (Å²) in [6.45, 7) is 0.724. The van der Waals surface area contributed by atoms with Crippen molar-refractivity contribution in [3.05, 3.63) is 29.8 Å². The van der Waals surface area contributed by atoms with E-state index in [1.54, 1.807) is 4.90 Å². The van der Waals surface area contributed by atoms with Gasteiger partial charge in [0.05, 0.1) is 6.10 Å². The second-order valence-corrected chi connectivity index (χ2v) is 5.62. The Hall–Kier alpha value is -1.55. The van der Waals surface area contributed by atoms with Gasteiger partial charge in [0.25, 0.3) is 5.91 Å². The third kappa shape index (κ3) is 3.26. The van der Waals surface area contributed by atoms with E-state index in [4.69, 9.17) is 0 Å². The minimum absolute atomic E-state index is 0.0464. The summed E-state index contributed by atoms with van der Waals surface area (Å²) in [5, 5.41) is 9.28. The third-order valence-corrected chi connectivity index (χ3v) is 3.70. The highest BCUT2D eigenvalue weighted by Crippen LogP contribution is 2.28. The van der Waals surface area contributed by atoms with E-state index < -0.39 is 0 Å². The van der Waals surface area contributed by atoms with Crippen molar-refractivity contribution in [2.45, 2.75) is 18.9 Å². The normalized spacial score (nSPS) is 21.7. The zero-order chi connectivity index (χ0) is 14.0. The topological polar surface area (TPSA) is 43.8 Å². The van der Waals surface area contributed by atoms with Crippen molar-refractivity contribution in [3.8, 4) is 0 Å². The van der Waals surface area contributed by atoms with Crippen LogP contribution in [0.15, 0.2) is 24.3 Å². The molecule has 1 aliphatic rings. The summed E-state index contributed by atoms with van der Waals surface area (Å²) in [7, 11) is 5.75. The molecule has 1 aromatic carbocycles. The van der Waals surface area contributed by atoms with E-state index in [0.717, 1.165) is 25.1 Å². The summed E-state index contributed by atoms with van der Waals surface area (Å²) in [4.78, 5) is 16.1. The van der Waals surface area contributed by atoms with Gasteiger partial charge in [-0.25, -0.2) is 0 Å². The molecule has 4 heteroatoms. The van der Waals surface area contributed by atoms with E-state index >= 15 is 0 Å². The monoisotopic (exact) mass is 262 g/mol. The zero-order valence-electron chi connectivity index (χ0n) is 11.8. The molecular weight excluding hydrogens is 240 g/mol. The SMILES string of the molecule is CN(CC1CC(O)C1)C(=O)c1cccc(N(C)C)c1. The van der Waals surface area contributed by atoms with E-state index in [0.29, 0.717) is 11.5 Å². The lowest BCUT2D eigenvalue weighted by Gasteiger charge is -2.34. The Morgan fingerprint density at radius 1 is 1.32 bits per heavy atom. The molecule has 1 aromatic rings. The first-order valence-corrected chi connectivity index (χ1v) is 6.68. The fourth-order valence-corrected chi connectivity index (χ4v) is 2.46. The van der Waals surface area contributed by atoms with Crippen LogP contribution in [0.2, 0.25) is 0 Å². The average Bonchev–Trinajstić information content (AvgIpc) is 2.36. The number of aliphatic hydroxyl groups is 1. The highest BCUT2D eigenvalue weighted by atomic mass is 16.3. The standard InChI is InChI=1S/C15H22N2O2/c1-16(2)13-6-4-5-12(9-13)15(19)17(3)10-11-7-14(18)8-11/h4-6,9,11,14,18H,7-8,10H2,1-3H3. The van der Waals surface area contributed by atoms with Gasteiger partial charge in [0.15, 0.2) is 0 Å². The van der Waals surface area contributed by atoms with Crippen molar-refractivity contribution in [1.29, 1.82) is 0 Å². The molecular formula is C15H22N2O2. The molecule has 1 N–H and O–H groups in total. The molecule has 0 heterocycles. The Morgan fingerprint density at radius 3 is 2.58 bits per heavy atom. The second kappa shape index (κ2) is 5.61. The molecule has 0 saturated heterocycles. The van der Waals surface area contributed by atoms with E-state index in [9.17, 15) is 9.90 Å². The number of carbonyl (C=O) groups is 1. The molecule has 2 rings (SSSR count). The van der Waals surface area contributed by atoms with Crippen LogP contribution in [0.25, 0.3) is 0 Å². The highest BCUT2D eigenvalue weighted by molar-refractivity contribution is 5.95.